The second-order valence-electron chi connectivity index (χ2n) is 4.48. The van der Waals surface area contributed by atoms with Crippen LogP contribution in [0, 0.1) is 0 Å². The van der Waals surface area contributed by atoms with Crippen molar-refractivity contribution in [3.8, 4) is 0 Å². The van der Waals surface area contributed by atoms with Crippen molar-refractivity contribution in [2.75, 3.05) is 13.2 Å². The Morgan fingerprint density at radius 2 is 1.53 bits per heavy atom. The molecule has 0 saturated carbocycles. The fourth-order valence-electron chi connectivity index (χ4n) is 1.67. The van der Waals surface area contributed by atoms with Crippen LogP contribution in [0.2, 0.25) is 0 Å². The van der Waals surface area contributed by atoms with E-state index in [0.717, 1.165) is 12.8 Å². The van der Waals surface area contributed by atoms with Gasteiger partial charge in [0, 0.05) is 13.2 Å². The van der Waals surface area contributed by atoms with E-state index in [2.05, 4.69) is 6.92 Å². The van der Waals surface area contributed by atoms with Crippen molar-refractivity contribution in [3.63, 3.8) is 0 Å². The van der Waals surface area contributed by atoms with Crippen LogP contribution in [0.15, 0.2) is 0 Å². The Morgan fingerprint density at radius 1 is 0.947 bits per heavy atom. The molecule has 6 nitrogen and oxygen atoms in total. The van der Waals surface area contributed by atoms with E-state index in [9.17, 15) is 10.2 Å². The van der Waals surface area contributed by atoms with Crippen LogP contribution in [0.25, 0.3) is 0 Å². The monoisotopic (exact) mass is 280 g/mol. The molecule has 4 unspecified atom stereocenters. The Labute approximate surface area is 115 Å². The van der Waals surface area contributed by atoms with Gasteiger partial charge in [0.25, 0.3) is 0 Å². The number of hydrogen-bond donors (Lipinski definition) is 4. The van der Waals surface area contributed by atoms with Crippen LogP contribution in [0.4, 0.5) is 0 Å². The predicted molar refractivity (Wildman–Crippen MR) is 70.4 cm³/mol. The zero-order chi connectivity index (χ0) is 14.7. The van der Waals surface area contributed by atoms with Crippen LogP contribution in [-0.4, -0.2) is 58.4 Å². The van der Waals surface area contributed by atoms with Crippen LogP contribution in [-0.2, 0) is 9.47 Å². The molecule has 0 aliphatic carbocycles. The van der Waals surface area contributed by atoms with E-state index in [-0.39, 0.29) is 6.61 Å². The maximum Gasteiger partial charge on any atom is 0.189 e. The highest BCUT2D eigenvalue weighted by molar-refractivity contribution is 4.80. The molecule has 0 radical (unpaired) electrons. The lowest BCUT2D eigenvalue weighted by Gasteiger charge is -2.14. The molecule has 0 aromatic rings. The second-order valence-corrected chi connectivity index (χ2v) is 4.48. The SMILES string of the molecule is CCCCCCCOC1OC(O)C(O)C1O.CCO. The zero-order valence-electron chi connectivity index (χ0n) is 11.9. The third-order valence-electron chi connectivity index (χ3n) is 2.72. The average Bonchev–Trinajstić information content (AvgIpc) is 2.62. The fraction of sp³-hybridized carbons (Fsp3) is 1.00. The van der Waals surface area contributed by atoms with E-state index in [1.165, 1.54) is 19.3 Å². The van der Waals surface area contributed by atoms with Gasteiger partial charge in [-0.15, -0.1) is 0 Å². The van der Waals surface area contributed by atoms with E-state index in [1.807, 2.05) is 0 Å². The first-order chi connectivity index (χ1) is 9.08. The van der Waals surface area contributed by atoms with Crippen molar-refractivity contribution < 1.29 is 29.9 Å². The summed E-state index contributed by atoms with van der Waals surface area (Å²) in [7, 11) is 0. The molecule has 0 spiro atoms. The summed E-state index contributed by atoms with van der Waals surface area (Å²) in [4.78, 5) is 0. The van der Waals surface area contributed by atoms with Gasteiger partial charge >= 0.3 is 0 Å². The molecule has 19 heavy (non-hydrogen) atoms. The van der Waals surface area contributed by atoms with Gasteiger partial charge < -0.3 is 29.9 Å². The van der Waals surface area contributed by atoms with Crippen LogP contribution in [0.1, 0.15) is 46.0 Å². The summed E-state index contributed by atoms with van der Waals surface area (Å²) in [6.07, 6.45) is 0.899. The van der Waals surface area contributed by atoms with Crippen molar-refractivity contribution >= 4 is 0 Å². The Morgan fingerprint density at radius 3 is 2.00 bits per heavy atom. The maximum absolute atomic E-state index is 9.41. The van der Waals surface area contributed by atoms with E-state index < -0.39 is 24.8 Å². The van der Waals surface area contributed by atoms with Gasteiger partial charge in [-0.25, -0.2) is 0 Å². The minimum Gasteiger partial charge on any atom is -0.397 e. The maximum atomic E-state index is 9.41. The van der Waals surface area contributed by atoms with Gasteiger partial charge in [-0.1, -0.05) is 32.6 Å². The summed E-state index contributed by atoms with van der Waals surface area (Å²) < 4.78 is 10.1. The van der Waals surface area contributed by atoms with Crippen LogP contribution < -0.4 is 0 Å². The van der Waals surface area contributed by atoms with Gasteiger partial charge in [-0.05, 0) is 13.3 Å². The van der Waals surface area contributed by atoms with Crippen LogP contribution >= 0.6 is 0 Å². The van der Waals surface area contributed by atoms with Gasteiger partial charge in [0.15, 0.2) is 12.6 Å². The third-order valence-corrected chi connectivity index (χ3v) is 2.72. The normalized spacial score (nSPS) is 30.0. The molecule has 4 N–H and O–H groups in total. The first-order valence-corrected chi connectivity index (χ1v) is 7.00. The minimum absolute atomic E-state index is 0.250. The molecule has 0 aromatic heterocycles. The van der Waals surface area contributed by atoms with Crippen molar-refractivity contribution in [2.45, 2.75) is 70.7 Å². The molecule has 6 heteroatoms. The molecule has 1 fully saturated rings. The standard InChI is InChI=1S/C11H22O5.C2H6O/c1-2-3-4-5-6-7-15-11-9(13)8(12)10(14)16-11;1-2-3/h8-14H,2-7H2,1H3;3H,2H2,1H3. The Kier molecular flexibility index (Phi) is 11.4. The summed E-state index contributed by atoms with van der Waals surface area (Å²) in [5.41, 5.74) is 0. The highest BCUT2D eigenvalue weighted by atomic mass is 16.8. The van der Waals surface area contributed by atoms with Crippen molar-refractivity contribution in [1.29, 1.82) is 0 Å². The number of ether oxygens (including phenoxy) is 2. The van der Waals surface area contributed by atoms with Crippen LogP contribution in [0.3, 0.4) is 0 Å². The summed E-state index contributed by atoms with van der Waals surface area (Å²) in [6, 6.07) is 0. The summed E-state index contributed by atoms with van der Waals surface area (Å²) in [6.45, 7) is 4.56. The molecule has 116 valence electrons. The first-order valence-electron chi connectivity index (χ1n) is 7.00. The zero-order valence-corrected chi connectivity index (χ0v) is 11.9. The number of aliphatic hydroxyl groups excluding tert-OH is 4. The Bertz CT molecular complexity index is 202. The third kappa shape index (κ3) is 7.81. The van der Waals surface area contributed by atoms with Gasteiger partial charge in [0.05, 0.1) is 0 Å². The smallest absolute Gasteiger partial charge is 0.189 e. The highest BCUT2D eigenvalue weighted by Gasteiger charge is 2.42. The Balaban J connectivity index is 0.000000982. The van der Waals surface area contributed by atoms with Gasteiger partial charge in [-0.3, -0.25) is 0 Å². The van der Waals surface area contributed by atoms with Crippen LogP contribution in [0.5, 0.6) is 0 Å². The molecule has 4 atom stereocenters. The quantitative estimate of drug-likeness (QED) is 0.503. The molecule has 1 aliphatic rings. The predicted octanol–water partition coefficient (Wildman–Crippen LogP) is 0.368. The number of unbranched alkanes of at least 4 members (excludes halogenated alkanes) is 4. The highest BCUT2D eigenvalue weighted by Crippen LogP contribution is 2.20. The molecule has 1 rings (SSSR count). The van der Waals surface area contributed by atoms with Crippen molar-refractivity contribution in [1.82, 2.24) is 0 Å². The number of aliphatic hydroxyl groups is 4. The minimum atomic E-state index is -1.35. The lowest BCUT2D eigenvalue weighted by atomic mass is 10.2. The summed E-state index contributed by atoms with van der Waals surface area (Å²) >= 11 is 0. The molecule has 1 saturated heterocycles. The molecule has 1 aliphatic heterocycles. The Hall–Kier alpha value is -0.240. The molecular weight excluding hydrogens is 252 g/mol. The summed E-state index contributed by atoms with van der Waals surface area (Å²) in [5.74, 6) is 0. The lowest BCUT2D eigenvalue weighted by Crippen LogP contribution is -2.33. The molecule has 0 bridgehead atoms. The average molecular weight is 280 g/mol. The molecule has 0 aromatic carbocycles. The molecule has 1 heterocycles. The van der Waals surface area contributed by atoms with E-state index in [4.69, 9.17) is 19.7 Å². The largest absolute Gasteiger partial charge is 0.397 e. The molecular formula is C13H28O6. The van der Waals surface area contributed by atoms with Gasteiger partial charge in [0.2, 0.25) is 0 Å². The van der Waals surface area contributed by atoms with Crippen molar-refractivity contribution in [3.05, 3.63) is 0 Å². The molecule has 0 amide bonds. The van der Waals surface area contributed by atoms with E-state index >= 15 is 0 Å². The second kappa shape index (κ2) is 11.6. The topological polar surface area (TPSA) is 99.4 Å². The lowest BCUT2D eigenvalue weighted by molar-refractivity contribution is -0.205. The number of hydrogen-bond acceptors (Lipinski definition) is 6. The van der Waals surface area contributed by atoms with Gasteiger partial charge in [-0.2, -0.15) is 0 Å². The fourth-order valence-corrected chi connectivity index (χ4v) is 1.67. The summed E-state index contributed by atoms with van der Waals surface area (Å²) in [5, 5.41) is 35.3. The first kappa shape index (κ1) is 18.8. The number of rotatable bonds is 7. The van der Waals surface area contributed by atoms with E-state index in [0.29, 0.717) is 6.61 Å². The van der Waals surface area contributed by atoms with Crippen molar-refractivity contribution in [2.24, 2.45) is 0 Å². The van der Waals surface area contributed by atoms with Gasteiger partial charge in [0.1, 0.15) is 12.2 Å². The van der Waals surface area contributed by atoms with E-state index in [1.54, 1.807) is 6.92 Å².